The molecule has 7 nitrogen and oxygen atoms in total. The van der Waals surface area contributed by atoms with Gasteiger partial charge in [-0.05, 0) is 44.2 Å². The number of carbonyl (C=O) groups excluding carboxylic acids is 1. The summed E-state index contributed by atoms with van der Waals surface area (Å²) in [7, 11) is 1.78. The number of aryl methyl sites for hydroxylation is 3. The monoisotopic (exact) mass is 331 g/mol. The SMILES string of the molecule is Cc1nc2c(c(C)c1CCC(=O)N1CCC[C@H]1CN)c(=O)[nH]n2C. The van der Waals surface area contributed by atoms with Crippen molar-refractivity contribution in [1.82, 2.24) is 19.7 Å². The van der Waals surface area contributed by atoms with E-state index in [1.807, 2.05) is 18.7 Å². The smallest absolute Gasteiger partial charge is 0.273 e. The highest BCUT2D eigenvalue weighted by atomic mass is 16.2. The lowest BCUT2D eigenvalue weighted by Crippen LogP contribution is -2.40. The minimum Gasteiger partial charge on any atom is -0.338 e. The van der Waals surface area contributed by atoms with Crippen LogP contribution in [-0.4, -0.2) is 44.7 Å². The second-order valence-corrected chi connectivity index (χ2v) is 6.62. The molecule has 1 aliphatic heterocycles. The number of nitrogens with one attached hydrogen (secondary N) is 1. The Kier molecular flexibility index (Phi) is 4.45. The molecule has 1 fully saturated rings. The Hall–Kier alpha value is -2.15. The Morgan fingerprint density at radius 2 is 2.17 bits per heavy atom. The van der Waals surface area contributed by atoms with Crippen LogP contribution in [0, 0.1) is 13.8 Å². The van der Waals surface area contributed by atoms with Crippen LogP contribution in [0.15, 0.2) is 4.79 Å². The van der Waals surface area contributed by atoms with Crippen LogP contribution in [-0.2, 0) is 18.3 Å². The maximum absolute atomic E-state index is 12.5. The van der Waals surface area contributed by atoms with Crippen molar-refractivity contribution in [3.05, 3.63) is 27.2 Å². The number of rotatable bonds is 4. The summed E-state index contributed by atoms with van der Waals surface area (Å²) in [5.41, 5.74) is 9.07. The van der Waals surface area contributed by atoms with Crippen molar-refractivity contribution in [2.75, 3.05) is 13.1 Å². The van der Waals surface area contributed by atoms with Gasteiger partial charge in [-0.15, -0.1) is 0 Å². The second-order valence-electron chi connectivity index (χ2n) is 6.62. The standard InChI is InChI=1S/C17H25N5O2/c1-10-13(6-7-14(23)22-8-4-5-12(22)9-18)11(2)19-16-15(10)17(24)20-21(16)3/h12H,4-9,18H2,1-3H3,(H,20,24)/t12-/m0/s1. The van der Waals surface area contributed by atoms with Gasteiger partial charge in [0.05, 0.1) is 5.39 Å². The Labute approximate surface area is 140 Å². The molecule has 1 atom stereocenters. The van der Waals surface area contributed by atoms with Gasteiger partial charge >= 0.3 is 0 Å². The molecule has 1 aliphatic rings. The van der Waals surface area contributed by atoms with Crippen LogP contribution < -0.4 is 11.3 Å². The average Bonchev–Trinajstić information content (AvgIpc) is 3.11. The summed E-state index contributed by atoms with van der Waals surface area (Å²) in [5, 5.41) is 3.36. The predicted molar refractivity (Wildman–Crippen MR) is 92.9 cm³/mol. The summed E-state index contributed by atoms with van der Waals surface area (Å²) in [4.78, 5) is 31.1. The van der Waals surface area contributed by atoms with E-state index >= 15 is 0 Å². The molecule has 2 aromatic rings. The summed E-state index contributed by atoms with van der Waals surface area (Å²) in [6, 6.07) is 0.178. The molecule has 130 valence electrons. The zero-order chi connectivity index (χ0) is 17.4. The summed E-state index contributed by atoms with van der Waals surface area (Å²) in [6.45, 7) is 5.19. The number of nitrogens with zero attached hydrogens (tertiary/aromatic N) is 3. The zero-order valence-electron chi connectivity index (χ0n) is 14.6. The number of pyridine rings is 1. The summed E-state index contributed by atoms with van der Waals surface area (Å²) in [6.07, 6.45) is 3.05. The number of H-pyrrole nitrogens is 1. The van der Waals surface area contributed by atoms with Crippen LogP contribution in [0.5, 0.6) is 0 Å². The highest BCUT2D eigenvalue weighted by Gasteiger charge is 2.27. The van der Waals surface area contributed by atoms with E-state index in [0.29, 0.717) is 30.4 Å². The number of aromatic nitrogens is 3. The maximum atomic E-state index is 12.5. The van der Waals surface area contributed by atoms with E-state index in [1.165, 1.54) is 0 Å². The number of fused-ring (bicyclic) bond motifs is 1. The van der Waals surface area contributed by atoms with E-state index in [-0.39, 0.29) is 17.5 Å². The topological polar surface area (TPSA) is 97.0 Å². The van der Waals surface area contributed by atoms with Gasteiger partial charge in [-0.3, -0.25) is 19.4 Å². The first-order valence-corrected chi connectivity index (χ1v) is 8.48. The predicted octanol–water partition coefficient (Wildman–Crippen LogP) is 0.761. The number of nitrogens with two attached hydrogens (primary N) is 1. The van der Waals surface area contributed by atoms with Gasteiger partial charge in [0, 0.05) is 38.3 Å². The van der Waals surface area contributed by atoms with Gasteiger partial charge in [0.25, 0.3) is 5.56 Å². The molecule has 0 radical (unpaired) electrons. The first-order chi connectivity index (χ1) is 11.4. The fourth-order valence-corrected chi connectivity index (χ4v) is 3.80. The highest BCUT2D eigenvalue weighted by molar-refractivity contribution is 5.81. The third-order valence-electron chi connectivity index (χ3n) is 5.13. The lowest BCUT2D eigenvalue weighted by atomic mass is 10.00. The van der Waals surface area contributed by atoms with E-state index in [4.69, 9.17) is 5.73 Å². The molecule has 3 rings (SSSR count). The zero-order valence-corrected chi connectivity index (χ0v) is 14.6. The third-order valence-corrected chi connectivity index (χ3v) is 5.13. The number of hydrogen-bond acceptors (Lipinski definition) is 4. The van der Waals surface area contributed by atoms with Gasteiger partial charge in [-0.2, -0.15) is 0 Å². The average molecular weight is 331 g/mol. The Balaban J connectivity index is 1.84. The molecular formula is C17H25N5O2. The Morgan fingerprint density at radius 3 is 2.88 bits per heavy atom. The lowest BCUT2D eigenvalue weighted by molar-refractivity contribution is -0.131. The summed E-state index contributed by atoms with van der Waals surface area (Å²) < 4.78 is 1.64. The van der Waals surface area contributed by atoms with Crippen molar-refractivity contribution in [2.45, 2.75) is 45.6 Å². The van der Waals surface area contributed by atoms with Crippen LogP contribution in [0.2, 0.25) is 0 Å². The van der Waals surface area contributed by atoms with Gasteiger partial charge in [0.15, 0.2) is 5.65 Å². The van der Waals surface area contributed by atoms with Gasteiger partial charge in [0.2, 0.25) is 5.91 Å². The summed E-state index contributed by atoms with van der Waals surface area (Å²) in [5.74, 6) is 0.142. The molecule has 7 heteroatoms. The van der Waals surface area contributed by atoms with Crippen LogP contribution in [0.3, 0.4) is 0 Å². The third kappa shape index (κ3) is 2.73. The first kappa shape index (κ1) is 16.7. The molecule has 1 saturated heterocycles. The quantitative estimate of drug-likeness (QED) is 0.864. The molecule has 0 unspecified atom stereocenters. The molecule has 24 heavy (non-hydrogen) atoms. The molecule has 0 aromatic carbocycles. The maximum Gasteiger partial charge on any atom is 0.273 e. The normalized spacial score (nSPS) is 17.8. The van der Waals surface area contributed by atoms with Gasteiger partial charge in [-0.25, -0.2) is 4.98 Å². The van der Waals surface area contributed by atoms with Crippen molar-refractivity contribution in [2.24, 2.45) is 12.8 Å². The van der Waals surface area contributed by atoms with Crippen molar-refractivity contribution < 1.29 is 4.79 Å². The number of hydrogen-bond donors (Lipinski definition) is 2. The van der Waals surface area contributed by atoms with Crippen LogP contribution in [0.1, 0.15) is 36.1 Å². The van der Waals surface area contributed by atoms with Crippen LogP contribution in [0.25, 0.3) is 11.0 Å². The molecule has 1 amide bonds. The van der Waals surface area contributed by atoms with Gasteiger partial charge in [-0.1, -0.05) is 0 Å². The van der Waals surface area contributed by atoms with Gasteiger partial charge in [0.1, 0.15) is 0 Å². The van der Waals surface area contributed by atoms with Crippen molar-refractivity contribution in [3.63, 3.8) is 0 Å². The molecule has 0 spiro atoms. The minimum absolute atomic E-state index is 0.132. The van der Waals surface area contributed by atoms with E-state index < -0.39 is 0 Å². The molecule has 3 N–H and O–H groups in total. The van der Waals surface area contributed by atoms with Crippen molar-refractivity contribution >= 4 is 16.9 Å². The van der Waals surface area contributed by atoms with Crippen LogP contribution in [0.4, 0.5) is 0 Å². The lowest BCUT2D eigenvalue weighted by Gasteiger charge is -2.23. The fraction of sp³-hybridized carbons (Fsp3) is 0.588. The number of aromatic amines is 1. The van der Waals surface area contributed by atoms with E-state index in [0.717, 1.165) is 36.2 Å². The molecular weight excluding hydrogens is 306 g/mol. The van der Waals surface area contributed by atoms with E-state index in [1.54, 1.807) is 11.7 Å². The minimum atomic E-state index is -0.132. The van der Waals surface area contributed by atoms with Crippen molar-refractivity contribution in [1.29, 1.82) is 0 Å². The number of carbonyl (C=O) groups is 1. The molecule has 0 bridgehead atoms. The van der Waals surface area contributed by atoms with Crippen LogP contribution >= 0.6 is 0 Å². The molecule has 0 saturated carbocycles. The second kappa shape index (κ2) is 6.39. The Morgan fingerprint density at radius 1 is 1.42 bits per heavy atom. The molecule has 3 heterocycles. The number of likely N-dealkylation sites (tertiary alicyclic amines) is 1. The first-order valence-electron chi connectivity index (χ1n) is 8.48. The van der Waals surface area contributed by atoms with E-state index in [2.05, 4.69) is 10.1 Å². The number of amides is 1. The Bertz CT molecular complexity index is 836. The largest absolute Gasteiger partial charge is 0.338 e. The van der Waals surface area contributed by atoms with Gasteiger partial charge < -0.3 is 10.6 Å². The summed E-state index contributed by atoms with van der Waals surface area (Å²) >= 11 is 0. The fourth-order valence-electron chi connectivity index (χ4n) is 3.80. The van der Waals surface area contributed by atoms with E-state index in [9.17, 15) is 9.59 Å². The molecule has 0 aliphatic carbocycles. The van der Waals surface area contributed by atoms with Crippen molar-refractivity contribution in [3.8, 4) is 0 Å². The highest BCUT2D eigenvalue weighted by Crippen LogP contribution is 2.23. The molecule has 2 aromatic heterocycles.